The molecule has 6 heteroatoms. The zero-order chi connectivity index (χ0) is 16.8. The number of aryl methyl sites for hydroxylation is 1. The maximum Gasteiger partial charge on any atom is 0.220 e. The molecule has 1 aromatic carbocycles. The number of hydrogen-bond donors (Lipinski definition) is 1. The highest BCUT2D eigenvalue weighted by molar-refractivity contribution is 6.30. The number of pyridine rings is 1. The van der Waals surface area contributed by atoms with Gasteiger partial charge in [0.05, 0.1) is 6.20 Å². The topological polar surface area (TPSA) is 68.0 Å². The Hall–Kier alpha value is -2.66. The average molecular weight is 342 g/mol. The Morgan fingerprint density at radius 2 is 2.00 bits per heavy atom. The van der Waals surface area contributed by atoms with Gasteiger partial charge >= 0.3 is 0 Å². The Bertz CT molecular complexity index is 801. The molecule has 122 valence electrons. The number of carbonyl (C=O) groups excluding carboxylic acids is 1. The summed E-state index contributed by atoms with van der Waals surface area (Å²) < 4.78 is 5.68. The van der Waals surface area contributed by atoms with Gasteiger partial charge in [0.2, 0.25) is 5.91 Å². The lowest BCUT2D eigenvalue weighted by molar-refractivity contribution is -0.121. The summed E-state index contributed by atoms with van der Waals surface area (Å²) >= 11 is 5.87. The molecule has 1 N–H and O–H groups in total. The van der Waals surface area contributed by atoms with E-state index in [1.807, 2.05) is 24.3 Å². The SMILES string of the molecule is O=C(CCc1ncc(-c2ccc(Cl)cc2)o1)NCc1cccnc1. The summed E-state index contributed by atoms with van der Waals surface area (Å²) in [5, 5.41) is 3.52. The molecule has 3 aromatic rings. The van der Waals surface area contributed by atoms with Gasteiger partial charge in [-0.3, -0.25) is 9.78 Å². The number of benzene rings is 1. The predicted molar refractivity (Wildman–Crippen MR) is 91.4 cm³/mol. The molecular weight excluding hydrogens is 326 g/mol. The highest BCUT2D eigenvalue weighted by Crippen LogP contribution is 2.22. The minimum absolute atomic E-state index is 0.0508. The van der Waals surface area contributed by atoms with Crippen LogP contribution in [0, 0.1) is 0 Å². The Balaban J connectivity index is 1.50. The van der Waals surface area contributed by atoms with E-state index < -0.39 is 0 Å². The van der Waals surface area contributed by atoms with Gasteiger partial charge in [0.25, 0.3) is 0 Å². The number of hydrogen-bond acceptors (Lipinski definition) is 4. The van der Waals surface area contributed by atoms with Gasteiger partial charge in [-0.25, -0.2) is 4.98 Å². The number of amides is 1. The van der Waals surface area contributed by atoms with E-state index in [1.165, 1.54) is 0 Å². The molecule has 1 amide bonds. The van der Waals surface area contributed by atoms with Crippen molar-refractivity contribution < 1.29 is 9.21 Å². The van der Waals surface area contributed by atoms with E-state index in [1.54, 1.807) is 30.7 Å². The third-order valence-electron chi connectivity index (χ3n) is 3.46. The van der Waals surface area contributed by atoms with Crippen molar-refractivity contribution in [2.75, 3.05) is 0 Å². The highest BCUT2D eigenvalue weighted by Gasteiger charge is 2.09. The first-order valence-corrected chi connectivity index (χ1v) is 7.95. The van der Waals surface area contributed by atoms with Gasteiger partial charge in [-0.05, 0) is 35.9 Å². The van der Waals surface area contributed by atoms with Gasteiger partial charge in [-0.15, -0.1) is 0 Å². The predicted octanol–water partition coefficient (Wildman–Crippen LogP) is 3.64. The fourth-order valence-corrected chi connectivity index (χ4v) is 2.31. The number of carbonyl (C=O) groups is 1. The van der Waals surface area contributed by atoms with Gasteiger partial charge in [-0.1, -0.05) is 17.7 Å². The van der Waals surface area contributed by atoms with Crippen LogP contribution in [0.1, 0.15) is 17.9 Å². The van der Waals surface area contributed by atoms with Crippen LogP contribution in [0.3, 0.4) is 0 Å². The van der Waals surface area contributed by atoms with E-state index in [4.69, 9.17) is 16.0 Å². The quantitative estimate of drug-likeness (QED) is 0.743. The summed E-state index contributed by atoms with van der Waals surface area (Å²) in [5.74, 6) is 1.15. The van der Waals surface area contributed by atoms with Crippen molar-refractivity contribution in [3.05, 3.63) is 71.5 Å². The van der Waals surface area contributed by atoms with Crippen LogP contribution >= 0.6 is 11.6 Å². The first kappa shape index (κ1) is 16.2. The smallest absolute Gasteiger partial charge is 0.220 e. The number of nitrogens with one attached hydrogen (secondary N) is 1. The van der Waals surface area contributed by atoms with E-state index in [2.05, 4.69) is 15.3 Å². The van der Waals surface area contributed by atoms with E-state index in [-0.39, 0.29) is 5.91 Å². The molecule has 0 bridgehead atoms. The molecule has 0 radical (unpaired) electrons. The third-order valence-corrected chi connectivity index (χ3v) is 3.71. The second-order valence-electron chi connectivity index (χ2n) is 5.26. The molecule has 0 aliphatic carbocycles. The van der Waals surface area contributed by atoms with Gasteiger partial charge < -0.3 is 9.73 Å². The van der Waals surface area contributed by atoms with Crippen LogP contribution in [-0.2, 0) is 17.8 Å². The second-order valence-corrected chi connectivity index (χ2v) is 5.70. The Kier molecular flexibility index (Phi) is 5.23. The summed E-state index contributed by atoms with van der Waals surface area (Å²) in [6.45, 7) is 0.467. The normalized spacial score (nSPS) is 10.5. The van der Waals surface area contributed by atoms with Crippen molar-refractivity contribution in [3.63, 3.8) is 0 Å². The standard InChI is InChI=1S/C18H16ClN3O2/c19-15-5-3-14(4-6-15)16-12-22-18(24-16)8-7-17(23)21-11-13-2-1-9-20-10-13/h1-6,9-10,12H,7-8,11H2,(H,21,23). The number of oxazole rings is 1. The van der Waals surface area contributed by atoms with Crippen molar-refractivity contribution in [2.24, 2.45) is 0 Å². The zero-order valence-electron chi connectivity index (χ0n) is 12.9. The summed E-state index contributed by atoms with van der Waals surface area (Å²) in [7, 11) is 0. The number of halogens is 1. The van der Waals surface area contributed by atoms with Crippen molar-refractivity contribution >= 4 is 17.5 Å². The summed E-state index contributed by atoms with van der Waals surface area (Å²) in [6.07, 6.45) is 5.86. The Labute approximate surface area is 144 Å². The van der Waals surface area contributed by atoms with Gasteiger partial charge in [0.15, 0.2) is 11.7 Å². The van der Waals surface area contributed by atoms with Crippen molar-refractivity contribution in [2.45, 2.75) is 19.4 Å². The van der Waals surface area contributed by atoms with Crippen LogP contribution in [0.2, 0.25) is 5.02 Å². The van der Waals surface area contributed by atoms with Crippen molar-refractivity contribution in [1.29, 1.82) is 0 Å². The molecule has 0 fully saturated rings. The van der Waals surface area contributed by atoms with Crippen LogP contribution in [0.25, 0.3) is 11.3 Å². The molecule has 0 unspecified atom stereocenters. The largest absolute Gasteiger partial charge is 0.441 e. The van der Waals surface area contributed by atoms with E-state index in [0.29, 0.717) is 36.1 Å². The van der Waals surface area contributed by atoms with Gasteiger partial charge in [0.1, 0.15) is 0 Å². The Morgan fingerprint density at radius 3 is 2.75 bits per heavy atom. The van der Waals surface area contributed by atoms with Crippen molar-refractivity contribution in [1.82, 2.24) is 15.3 Å². The summed E-state index contributed by atoms with van der Waals surface area (Å²) in [4.78, 5) is 20.1. The van der Waals surface area contributed by atoms with E-state index in [0.717, 1.165) is 11.1 Å². The van der Waals surface area contributed by atoms with Gasteiger partial charge in [-0.2, -0.15) is 0 Å². The molecule has 5 nitrogen and oxygen atoms in total. The highest BCUT2D eigenvalue weighted by atomic mass is 35.5. The minimum Gasteiger partial charge on any atom is -0.441 e. The molecule has 0 aliphatic rings. The maximum absolute atomic E-state index is 11.9. The second kappa shape index (κ2) is 7.75. The molecule has 0 atom stereocenters. The Morgan fingerprint density at radius 1 is 1.17 bits per heavy atom. The fraction of sp³-hybridized carbons (Fsp3) is 0.167. The minimum atomic E-state index is -0.0508. The summed E-state index contributed by atoms with van der Waals surface area (Å²) in [5.41, 5.74) is 1.87. The van der Waals surface area contributed by atoms with Crippen LogP contribution < -0.4 is 5.32 Å². The van der Waals surface area contributed by atoms with Gasteiger partial charge in [0, 0.05) is 42.4 Å². The molecule has 0 spiro atoms. The lowest BCUT2D eigenvalue weighted by atomic mass is 10.2. The first-order valence-electron chi connectivity index (χ1n) is 7.57. The maximum atomic E-state index is 11.9. The fourth-order valence-electron chi connectivity index (χ4n) is 2.19. The monoisotopic (exact) mass is 341 g/mol. The number of aromatic nitrogens is 2. The number of nitrogens with zero attached hydrogens (tertiary/aromatic N) is 2. The average Bonchev–Trinajstić information content (AvgIpc) is 3.09. The molecular formula is C18H16ClN3O2. The van der Waals surface area contributed by atoms with Crippen LogP contribution in [0.15, 0.2) is 59.4 Å². The number of rotatable bonds is 6. The molecule has 24 heavy (non-hydrogen) atoms. The van der Waals surface area contributed by atoms with E-state index in [9.17, 15) is 4.79 Å². The van der Waals surface area contributed by atoms with Crippen LogP contribution in [0.4, 0.5) is 0 Å². The van der Waals surface area contributed by atoms with E-state index >= 15 is 0 Å². The van der Waals surface area contributed by atoms with Crippen LogP contribution in [-0.4, -0.2) is 15.9 Å². The zero-order valence-corrected chi connectivity index (χ0v) is 13.7. The third kappa shape index (κ3) is 4.43. The molecule has 2 heterocycles. The first-order chi connectivity index (χ1) is 11.7. The lowest BCUT2D eigenvalue weighted by Crippen LogP contribution is -2.23. The van der Waals surface area contributed by atoms with Crippen molar-refractivity contribution in [3.8, 4) is 11.3 Å². The molecule has 3 rings (SSSR count). The molecule has 2 aromatic heterocycles. The molecule has 0 saturated heterocycles. The van der Waals surface area contributed by atoms with Crippen LogP contribution in [0.5, 0.6) is 0 Å². The molecule has 0 saturated carbocycles. The lowest BCUT2D eigenvalue weighted by Gasteiger charge is -2.03. The summed E-state index contributed by atoms with van der Waals surface area (Å²) in [6, 6.07) is 11.1. The molecule has 0 aliphatic heterocycles.